The second kappa shape index (κ2) is 6.41. The van der Waals surface area contributed by atoms with Gasteiger partial charge >= 0.3 is 0 Å². The van der Waals surface area contributed by atoms with Crippen molar-refractivity contribution in [3.63, 3.8) is 0 Å². The van der Waals surface area contributed by atoms with Gasteiger partial charge in [-0.05, 0) is 29.7 Å². The van der Waals surface area contributed by atoms with Gasteiger partial charge in [0, 0.05) is 4.90 Å². The summed E-state index contributed by atoms with van der Waals surface area (Å²) in [6.45, 7) is 4.48. The Hall–Kier alpha value is -0.180. The van der Waals surface area contributed by atoms with Gasteiger partial charge in [0.1, 0.15) is 0 Å². The Morgan fingerprint density at radius 3 is 2.73 bits per heavy atom. The molecule has 15 heavy (non-hydrogen) atoms. The minimum absolute atomic E-state index is 0.0601. The van der Waals surface area contributed by atoms with Gasteiger partial charge in [0.25, 0.3) is 0 Å². The Labute approximate surface area is 101 Å². The van der Waals surface area contributed by atoms with Crippen molar-refractivity contribution < 1.29 is 5.11 Å². The first-order chi connectivity index (χ1) is 7.15. The molecular weight excluding hydrogens is 228 g/mol. The van der Waals surface area contributed by atoms with E-state index in [1.54, 1.807) is 11.8 Å². The van der Waals surface area contributed by atoms with Crippen LogP contribution in [0.3, 0.4) is 0 Å². The van der Waals surface area contributed by atoms with Crippen molar-refractivity contribution in [2.75, 3.05) is 5.75 Å². The number of rotatable bonds is 5. The van der Waals surface area contributed by atoms with E-state index in [1.807, 2.05) is 18.2 Å². The second-order valence-corrected chi connectivity index (χ2v) is 5.43. The number of halogens is 1. The van der Waals surface area contributed by atoms with E-state index in [4.69, 9.17) is 11.6 Å². The van der Waals surface area contributed by atoms with Crippen LogP contribution in [-0.2, 0) is 6.61 Å². The van der Waals surface area contributed by atoms with Gasteiger partial charge in [0.05, 0.1) is 11.6 Å². The molecule has 0 radical (unpaired) electrons. The molecular formula is C12H17ClOS. The lowest BCUT2D eigenvalue weighted by Crippen LogP contribution is -1.93. The molecule has 1 aromatic rings. The van der Waals surface area contributed by atoms with E-state index < -0.39 is 0 Å². The van der Waals surface area contributed by atoms with Gasteiger partial charge in [-0.25, -0.2) is 0 Å². The first kappa shape index (κ1) is 12.9. The van der Waals surface area contributed by atoms with Gasteiger partial charge < -0.3 is 5.11 Å². The van der Waals surface area contributed by atoms with Gasteiger partial charge in [-0.1, -0.05) is 37.6 Å². The van der Waals surface area contributed by atoms with Gasteiger partial charge in [-0.2, -0.15) is 0 Å². The van der Waals surface area contributed by atoms with E-state index in [-0.39, 0.29) is 6.61 Å². The summed E-state index contributed by atoms with van der Waals surface area (Å²) in [4.78, 5) is 1.03. The molecule has 0 aliphatic carbocycles. The van der Waals surface area contributed by atoms with Crippen LogP contribution in [0.4, 0.5) is 0 Å². The fourth-order valence-electron chi connectivity index (χ4n) is 1.24. The van der Waals surface area contributed by atoms with Crippen molar-refractivity contribution in [3.8, 4) is 0 Å². The van der Waals surface area contributed by atoms with Crippen LogP contribution in [0.2, 0.25) is 5.02 Å². The molecule has 0 amide bonds. The summed E-state index contributed by atoms with van der Waals surface area (Å²) >= 11 is 7.83. The predicted octanol–water partition coefficient (Wildman–Crippen LogP) is 3.97. The van der Waals surface area contributed by atoms with Gasteiger partial charge in [-0.15, -0.1) is 11.8 Å². The minimum Gasteiger partial charge on any atom is -0.392 e. The molecule has 0 aromatic heterocycles. The van der Waals surface area contributed by atoms with Crippen molar-refractivity contribution >= 4 is 23.4 Å². The van der Waals surface area contributed by atoms with Crippen LogP contribution in [-0.4, -0.2) is 10.9 Å². The monoisotopic (exact) mass is 244 g/mol. The maximum Gasteiger partial charge on any atom is 0.0693 e. The molecule has 0 spiro atoms. The highest BCUT2D eigenvalue weighted by molar-refractivity contribution is 7.99. The molecule has 84 valence electrons. The number of benzene rings is 1. The molecule has 0 unspecified atom stereocenters. The Morgan fingerprint density at radius 1 is 1.40 bits per heavy atom. The third-order valence-corrected chi connectivity index (χ3v) is 3.80. The van der Waals surface area contributed by atoms with Crippen molar-refractivity contribution in [1.82, 2.24) is 0 Å². The highest BCUT2D eigenvalue weighted by Crippen LogP contribution is 2.31. The smallest absolute Gasteiger partial charge is 0.0693 e. The van der Waals surface area contributed by atoms with Crippen LogP contribution in [0.5, 0.6) is 0 Å². The van der Waals surface area contributed by atoms with Gasteiger partial charge in [0.2, 0.25) is 0 Å². The largest absolute Gasteiger partial charge is 0.392 e. The average molecular weight is 245 g/mol. The zero-order valence-electron chi connectivity index (χ0n) is 9.16. The quantitative estimate of drug-likeness (QED) is 0.791. The van der Waals surface area contributed by atoms with Crippen molar-refractivity contribution in [3.05, 3.63) is 28.8 Å². The van der Waals surface area contributed by atoms with E-state index in [1.165, 1.54) is 6.42 Å². The lowest BCUT2D eigenvalue weighted by Gasteiger charge is -2.09. The van der Waals surface area contributed by atoms with Crippen LogP contribution in [0.1, 0.15) is 25.8 Å². The third-order valence-electron chi connectivity index (χ3n) is 2.16. The Bertz CT molecular complexity index is 312. The zero-order valence-corrected chi connectivity index (χ0v) is 10.7. The minimum atomic E-state index is 0.0601. The first-order valence-electron chi connectivity index (χ1n) is 5.16. The molecule has 1 aromatic carbocycles. The maximum atomic E-state index is 9.18. The summed E-state index contributed by atoms with van der Waals surface area (Å²) in [6.07, 6.45) is 1.17. The molecule has 0 saturated carbocycles. The normalized spacial score (nSPS) is 11.0. The second-order valence-electron chi connectivity index (χ2n) is 3.92. The predicted molar refractivity (Wildman–Crippen MR) is 67.6 cm³/mol. The van der Waals surface area contributed by atoms with E-state index in [0.29, 0.717) is 5.92 Å². The summed E-state index contributed by atoms with van der Waals surface area (Å²) in [5.41, 5.74) is 0.927. The Balaban J connectivity index is 2.66. The zero-order chi connectivity index (χ0) is 11.3. The van der Waals surface area contributed by atoms with Crippen molar-refractivity contribution in [2.24, 2.45) is 5.92 Å². The summed E-state index contributed by atoms with van der Waals surface area (Å²) in [6, 6.07) is 5.67. The molecule has 0 bridgehead atoms. The Kier molecular flexibility index (Phi) is 5.51. The third kappa shape index (κ3) is 4.06. The summed E-state index contributed by atoms with van der Waals surface area (Å²) in [7, 11) is 0. The van der Waals surface area contributed by atoms with Crippen molar-refractivity contribution in [1.29, 1.82) is 0 Å². The van der Waals surface area contributed by atoms with Crippen LogP contribution >= 0.6 is 23.4 Å². The molecule has 0 fully saturated rings. The molecule has 1 N–H and O–H groups in total. The molecule has 0 atom stereocenters. The fourth-order valence-corrected chi connectivity index (χ4v) is 2.91. The van der Waals surface area contributed by atoms with E-state index in [0.717, 1.165) is 21.2 Å². The van der Waals surface area contributed by atoms with Crippen LogP contribution < -0.4 is 0 Å². The molecule has 3 heteroatoms. The lowest BCUT2D eigenvalue weighted by molar-refractivity contribution is 0.279. The molecule has 0 saturated heterocycles. The summed E-state index contributed by atoms with van der Waals surface area (Å²) in [5.74, 6) is 1.76. The standard InChI is InChI=1S/C12H17ClOS/c1-9(2)6-7-15-12-10(8-14)4-3-5-11(12)13/h3-5,9,14H,6-8H2,1-2H3. The van der Waals surface area contributed by atoms with Gasteiger partial charge in [0.15, 0.2) is 0 Å². The number of aliphatic hydroxyl groups is 1. The topological polar surface area (TPSA) is 20.2 Å². The van der Waals surface area contributed by atoms with Crippen LogP contribution in [0.25, 0.3) is 0 Å². The van der Waals surface area contributed by atoms with E-state index in [9.17, 15) is 5.11 Å². The molecule has 0 aliphatic rings. The fraction of sp³-hybridized carbons (Fsp3) is 0.500. The highest BCUT2D eigenvalue weighted by Gasteiger charge is 2.06. The Morgan fingerprint density at radius 2 is 2.13 bits per heavy atom. The number of hydrogen-bond donors (Lipinski definition) is 1. The SMILES string of the molecule is CC(C)CCSc1c(Cl)cccc1CO. The molecule has 1 rings (SSSR count). The molecule has 0 heterocycles. The summed E-state index contributed by atoms with van der Waals surface area (Å²) in [5, 5.41) is 9.93. The number of hydrogen-bond acceptors (Lipinski definition) is 2. The maximum absolute atomic E-state index is 9.18. The molecule has 1 nitrogen and oxygen atoms in total. The van der Waals surface area contributed by atoms with Crippen LogP contribution in [0, 0.1) is 5.92 Å². The van der Waals surface area contributed by atoms with Crippen LogP contribution in [0.15, 0.2) is 23.1 Å². The number of aliphatic hydroxyl groups excluding tert-OH is 1. The summed E-state index contributed by atoms with van der Waals surface area (Å²) < 4.78 is 0. The average Bonchev–Trinajstić information content (AvgIpc) is 2.20. The van der Waals surface area contributed by atoms with E-state index >= 15 is 0 Å². The number of thioether (sulfide) groups is 1. The molecule has 0 aliphatic heterocycles. The first-order valence-corrected chi connectivity index (χ1v) is 6.52. The lowest BCUT2D eigenvalue weighted by atomic mass is 10.2. The van der Waals surface area contributed by atoms with E-state index in [2.05, 4.69) is 13.8 Å². The van der Waals surface area contributed by atoms with Gasteiger partial charge in [-0.3, -0.25) is 0 Å². The van der Waals surface area contributed by atoms with Crippen molar-refractivity contribution in [2.45, 2.75) is 31.8 Å². The highest BCUT2D eigenvalue weighted by atomic mass is 35.5.